The van der Waals surface area contributed by atoms with E-state index in [0.717, 1.165) is 36.6 Å². The van der Waals surface area contributed by atoms with Crippen molar-refractivity contribution in [1.29, 1.82) is 0 Å². The molecule has 2 rings (SSSR count). The molecule has 1 aliphatic rings. The third-order valence-corrected chi connectivity index (χ3v) is 6.31. The first-order chi connectivity index (χ1) is 9.59. The number of rotatable bonds is 6. The van der Waals surface area contributed by atoms with Crippen molar-refractivity contribution >= 4 is 26.0 Å². The van der Waals surface area contributed by atoms with Gasteiger partial charge in [0.15, 0.2) is 0 Å². The van der Waals surface area contributed by atoms with Crippen LogP contribution in [0, 0.1) is 0 Å². The fourth-order valence-electron chi connectivity index (χ4n) is 2.65. The van der Waals surface area contributed by atoms with Gasteiger partial charge in [-0.05, 0) is 30.5 Å². The van der Waals surface area contributed by atoms with Gasteiger partial charge in [0.25, 0.3) is 0 Å². The summed E-state index contributed by atoms with van der Waals surface area (Å²) in [6, 6.07) is 7.20. The average molecular weight is 358 g/mol. The summed E-state index contributed by atoms with van der Waals surface area (Å²) < 4.78 is 27.2. The van der Waals surface area contributed by atoms with Crippen molar-refractivity contribution in [3.8, 4) is 0 Å². The number of hydrogen-bond donors (Lipinski definition) is 0. The highest BCUT2D eigenvalue weighted by Gasteiger charge is 2.32. The second-order valence-electron chi connectivity index (χ2n) is 5.08. The molecule has 1 aromatic rings. The van der Waals surface area contributed by atoms with Crippen LogP contribution in [0.2, 0.25) is 0 Å². The Bertz CT molecular complexity index is 548. The fraction of sp³-hybridized carbons (Fsp3) is 0.467. The van der Waals surface area contributed by atoms with Crippen LogP contribution in [0.25, 0.3) is 0 Å². The van der Waals surface area contributed by atoms with Crippen molar-refractivity contribution < 1.29 is 8.42 Å². The Morgan fingerprint density at radius 1 is 1.25 bits per heavy atom. The topological polar surface area (TPSA) is 37.4 Å². The van der Waals surface area contributed by atoms with E-state index in [1.54, 1.807) is 22.5 Å². The first-order valence-electron chi connectivity index (χ1n) is 6.87. The number of sulfonamides is 1. The van der Waals surface area contributed by atoms with Crippen molar-refractivity contribution in [3.63, 3.8) is 0 Å². The minimum Gasteiger partial charge on any atom is -0.207 e. The van der Waals surface area contributed by atoms with Crippen LogP contribution < -0.4 is 0 Å². The van der Waals surface area contributed by atoms with Crippen LogP contribution in [0.3, 0.4) is 0 Å². The lowest BCUT2D eigenvalue weighted by Crippen LogP contribution is -2.38. The number of benzene rings is 1. The van der Waals surface area contributed by atoms with Crippen molar-refractivity contribution in [2.24, 2.45) is 0 Å². The van der Waals surface area contributed by atoms with Crippen molar-refractivity contribution in [1.82, 2.24) is 4.31 Å². The van der Waals surface area contributed by atoms with Gasteiger partial charge in [0.2, 0.25) is 10.0 Å². The van der Waals surface area contributed by atoms with Crippen LogP contribution >= 0.6 is 15.9 Å². The van der Waals surface area contributed by atoms with E-state index in [0.29, 0.717) is 11.4 Å². The molecule has 0 amide bonds. The molecule has 3 nitrogen and oxygen atoms in total. The zero-order valence-electron chi connectivity index (χ0n) is 11.5. The molecule has 0 aliphatic heterocycles. The number of nitrogens with zero attached hydrogens (tertiary/aromatic N) is 1. The summed E-state index contributed by atoms with van der Waals surface area (Å²) >= 11 is 3.37. The van der Waals surface area contributed by atoms with E-state index in [4.69, 9.17) is 0 Å². The summed E-state index contributed by atoms with van der Waals surface area (Å²) in [5, 5.41) is 0.728. The van der Waals surface area contributed by atoms with Crippen LogP contribution in [-0.4, -0.2) is 25.3 Å². The van der Waals surface area contributed by atoms with Gasteiger partial charge in [-0.15, -0.1) is 6.58 Å². The van der Waals surface area contributed by atoms with E-state index in [2.05, 4.69) is 22.5 Å². The third-order valence-electron chi connectivity index (χ3n) is 3.73. The van der Waals surface area contributed by atoms with Gasteiger partial charge in [-0.25, -0.2) is 8.42 Å². The Kier molecular flexibility index (Phi) is 5.41. The third kappa shape index (κ3) is 3.32. The van der Waals surface area contributed by atoms with Crippen molar-refractivity contribution in [2.75, 3.05) is 6.54 Å². The molecule has 0 spiro atoms. The predicted molar refractivity (Wildman–Crippen MR) is 85.4 cm³/mol. The Labute approximate surface area is 129 Å². The summed E-state index contributed by atoms with van der Waals surface area (Å²) in [7, 11) is -3.42. The second kappa shape index (κ2) is 6.87. The monoisotopic (exact) mass is 357 g/mol. The van der Waals surface area contributed by atoms with Gasteiger partial charge in [0, 0.05) is 17.9 Å². The van der Waals surface area contributed by atoms with Crippen LogP contribution in [0.1, 0.15) is 31.2 Å². The van der Waals surface area contributed by atoms with Gasteiger partial charge in [-0.2, -0.15) is 4.31 Å². The Morgan fingerprint density at radius 3 is 2.35 bits per heavy atom. The molecular weight excluding hydrogens is 338 g/mol. The highest BCUT2D eigenvalue weighted by Crippen LogP contribution is 2.28. The smallest absolute Gasteiger partial charge is 0.207 e. The molecule has 0 heterocycles. The van der Waals surface area contributed by atoms with E-state index in [1.165, 1.54) is 0 Å². The average Bonchev–Trinajstić information content (AvgIpc) is 2.98. The number of hydrogen-bond acceptors (Lipinski definition) is 2. The lowest BCUT2D eigenvalue weighted by molar-refractivity contribution is 0.347. The Hall–Kier alpha value is -0.650. The zero-order valence-corrected chi connectivity index (χ0v) is 13.9. The maximum Gasteiger partial charge on any atom is 0.243 e. The van der Waals surface area contributed by atoms with Gasteiger partial charge in [-0.1, -0.05) is 47.0 Å². The van der Waals surface area contributed by atoms with Crippen LogP contribution in [-0.2, 0) is 15.4 Å². The molecular formula is C15H20BrNO2S. The summed E-state index contributed by atoms with van der Waals surface area (Å²) in [6.07, 6.45) is 5.79. The standard InChI is InChI=1S/C15H20BrNO2S/c1-2-11-17(14-5-3-4-6-14)20(18,19)15-9-7-13(12-16)8-10-15/h2,7-10,14H,1,3-6,11-12H2. The number of halogens is 1. The SMILES string of the molecule is C=CCN(C1CCCC1)S(=O)(=O)c1ccc(CBr)cc1. The molecule has 20 heavy (non-hydrogen) atoms. The van der Waals surface area contributed by atoms with Gasteiger partial charge >= 0.3 is 0 Å². The lowest BCUT2D eigenvalue weighted by Gasteiger charge is -2.27. The predicted octanol–water partition coefficient (Wildman–Crippen LogP) is 3.70. The van der Waals surface area contributed by atoms with Gasteiger partial charge in [0.05, 0.1) is 4.90 Å². The lowest BCUT2D eigenvalue weighted by atomic mass is 10.2. The Morgan fingerprint density at radius 2 is 1.85 bits per heavy atom. The summed E-state index contributed by atoms with van der Waals surface area (Å²) in [5.74, 6) is 0. The van der Waals surface area contributed by atoms with Gasteiger partial charge in [-0.3, -0.25) is 0 Å². The van der Waals surface area contributed by atoms with Gasteiger partial charge in [0.1, 0.15) is 0 Å². The molecule has 5 heteroatoms. The van der Waals surface area contributed by atoms with E-state index in [9.17, 15) is 8.42 Å². The van der Waals surface area contributed by atoms with Crippen LogP contribution in [0.5, 0.6) is 0 Å². The molecule has 0 N–H and O–H groups in total. The fourth-order valence-corrected chi connectivity index (χ4v) is 4.68. The molecule has 1 aromatic carbocycles. The number of alkyl halides is 1. The largest absolute Gasteiger partial charge is 0.243 e. The summed E-state index contributed by atoms with van der Waals surface area (Å²) in [5.41, 5.74) is 1.07. The van der Waals surface area contributed by atoms with E-state index >= 15 is 0 Å². The normalized spacial score (nSPS) is 16.7. The molecule has 0 atom stereocenters. The van der Waals surface area contributed by atoms with Crippen LogP contribution in [0.4, 0.5) is 0 Å². The highest BCUT2D eigenvalue weighted by atomic mass is 79.9. The van der Waals surface area contributed by atoms with E-state index in [-0.39, 0.29) is 6.04 Å². The molecule has 0 unspecified atom stereocenters. The Balaban J connectivity index is 2.30. The molecule has 1 aliphatic carbocycles. The summed E-state index contributed by atoms with van der Waals surface area (Å²) in [4.78, 5) is 0.371. The molecule has 0 aromatic heterocycles. The second-order valence-corrected chi connectivity index (χ2v) is 7.53. The summed E-state index contributed by atoms with van der Waals surface area (Å²) in [6.45, 7) is 4.08. The molecule has 0 bridgehead atoms. The maximum absolute atomic E-state index is 12.8. The van der Waals surface area contributed by atoms with Crippen LogP contribution in [0.15, 0.2) is 41.8 Å². The highest BCUT2D eigenvalue weighted by molar-refractivity contribution is 9.08. The molecule has 110 valence electrons. The first-order valence-corrected chi connectivity index (χ1v) is 9.43. The minimum absolute atomic E-state index is 0.119. The first kappa shape index (κ1) is 15.7. The zero-order chi connectivity index (χ0) is 14.6. The molecule has 0 saturated heterocycles. The molecule has 1 saturated carbocycles. The minimum atomic E-state index is -3.42. The quantitative estimate of drug-likeness (QED) is 0.574. The van der Waals surface area contributed by atoms with E-state index < -0.39 is 10.0 Å². The molecule has 0 radical (unpaired) electrons. The molecule has 1 fully saturated rings. The van der Waals surface area contributed by atoms with Gasteiger partial charge < -0.3 is 0 Å². The van der Waals surface area contributed by atoms with Crippen molar-refractivity contribution in [3.05, 3.63) is 42.5 Å². The maximum atomic E-state index is 12.8. The van der Waals surface area contributed by atoms with Crippen molar-refractivity contribution in [2.45, 2.75) is 42.0 Å². The van der Waals surface area contributed by atoms with E-state index in [1.807, 2.05) is 12.1 Å².